The molecule has 0 fully saturated rings. The van der Waals surface area contributed by atoms with Crippen LogP contribution < -0.4 is 15.7 Å². The maximum absolute atomic E-state index is 14.9. The number of anilines is 1. The third kappa shape index (κ3) is 4.72. The van der Waals surface area contributed by atoms with E-state index < -0.39 is 53.6 Å². The smallest absolute Gasteiger partial charge is 0.425 e. The molecule has 0 saturated carbocycles. The maximum atomic E-state index is 14.9. The number of ether oxygens (including phenoxy) is 1. The number of aliphatic hydroxyl groups is 1. The second kappa shape index (κ2) is 9.01. The van der Waals surface area contributed by atoms with Crippen LogP contribution in [0.3, 0.4) is 0 Å². The maximum Gasteiger partial charge on any atom is 0.425 e. The van der Waals surface area contributed by atoms with E-state index in [1.54, 1.807) is 13.8 Å². The Bertz CT molecular complexity index is 1230. The van der Waals surface area contributed by atoms with E-state index >= 15 is 0 Å². The number of aromatic amines is 1. The molecule has 0 bridgehead atoms. The minimum atomic E-state index is -4.82. The van der Waals surface area contributed by atoms with Gasteiger partial charge in [-0.25, -0.2) is 9.18 Å². The van der Waals surface area contributed by atoms with Crippen LogP contribution in [-0.4, -0.2) is 52.8 Å². The first-order valence-electron chi connectivity index (χ1n) is 9.53. The first-order valence-corrected chi connectivity index (χ1v) is 9.53. The first kappa shape index (κ1) is 23.9. The third-order valence-corrected chi connectivity index (χ3v) is 4.59. The number of nitrogens with zero attached hydrogens (tertiary/aromatic N) is 5. The van der Waals surface area contributed by atoms with Gasteiger partial charge >= 0.3 is 11.9 Å². The van der Waals surface area contributed by atoms with Crippen molar-refractivity contribution < 1.29 is 32.2 Å². The van der Waals surface area contributed by atoms with Crippen molar-refractivity contribution in [2.45, 2.75) is 46.2 Å². The lowest BCUT2D eigenvalue weighted by molar-refractivity contribution is -0.190. The molecule has 3 rings (SSSR count). The fourth-order valence-corrected chi connectivity index (χ4v) is 2.78. The summed E-state index contributed by atoms with van der Waals surface area (Å²) in [6.45, 7) is 3.22. The molecule has 11 nitrogen and oxygen atoms in total. The number of pyridine rings is 1. The molecule has 3 aromatic heterocycles. The Morgan fingerprint density at radius 3 is 2.61 bits per heavy atom. The number of carbonyl (C=O) groups excluding carboxylic acids is 1. The van der Waals surface area contributed by atoms with Gasteiger partial charge in [-0.05, 0) is 26.8 Å². The molecule has 0 aliphatic carbocycles. The molecule has 0 aromatic carbocycles. The van der Waals surface area contributed by atoms with Gasteiger partial charge in [0.2, 0.25) is 5.88 Å². The molecular formula is C18H19F4N7O4. The second-order valence-corrected chi connectivity index (χ2v) is 6.80. The molecule has 3 aromatic rings. The number of hydrogen-bond donors (Lipinski definition) is 3. The number of rotatable bonds is 7. The highest BCUT2D eigenvalue weighted by atomic mass is 19.4. The van der Waals surface area contributed by atoms with Gasteiger partial charge in [0.05, 0.1) is 11.4 Å². The molecule has 33 heavy (non-hydrogen) atoms. The van der Waals surface area contributed by atoms with Crippen molar-refractivity contribution in [1.29, 1.82) is 0 Å². The zero-order valence-electron chi connectivity index (χ0n) is 17.6. The van der Waals surface area contributed by atoms with Crippen molar-refractivity contribution in [2.24, 2.45) is 0 Å². The highest BCUT2D eigenvalue weighted by molar-refractivity contribution is 6.06. The van der Waals surface area contributed by atoms with Crippen LogP contribution in [0.25, 0.3) is 5.82 Å². The van der Waals surface area contributed by atoms with Gasteiger partial charge in [-0.2, -0.15) is 27.9 Å². The van der Waals surface area contributed by atoms with E-state index in [1.165, 1.54) is 6.20 Å². The van der Waals surface area contributed by atoms with Crippen LogP contribution in [-0.2, 0) is 13.2 Å². The average molecular weight is 473 g/mol. The molecule has 178 valence electrons. The van der Waals surface area contributed by atoms with Crippen LogP contribution >= 0.6 is 0 Å². The standard InChI is InChI=1S/C18H19F4N7O4/c1-4-28-13(7-30)27-29(17(28)32)14-11(19)5-10(15(31)24-12-6-23-26-8(12)2)16(25-14)33-9(3)18(20,21)22/h5-6,9,30H,4,7H2,1-3H3,(H,23,26)(H,24,31). The summed E-state index contributed by atoms with van der Waals surface area (Å²) < 4.78 is 60.6. The van der Waals surface area contributed by atoms with E-state index in [-0.39, 0.29) is 18.1 Å². The number of nitrogens with one attached hydrogen (secondary N) is 2. The monoisotopic (exact) mass is 473 g/mol. The van der Waals surface area contributed by atoms with Crippen molar-refractivity contribution in [3.05, 3.63) is 45.6 Å². The molecule has 0 radical (unpaired) electrons. The van der Waals surface area contributed by atoms with E-state index in [0.717, 1.165) is 4.57 Å². The van der Waals surface area contributed by atoms with Crippen molar-refractivity contribution in [3.8, 4) is 11.7 Å². The first-order chi connectivity index (χ1) is 15.5. The highest BCUT2D eigenvalue weighted by Gasteiger charge is 2.39. The topological polar surface area (TPSA) is 140 Å². The Morgan fingerprint density at radius 1 is 1.39 bits per heavy atom. The summed E-state index contributed by atoms with van der Waals surface area (Å²) in [5, 5.41) is 21.8. The Balaban J connectivity index is 2.14. The highest BCUT2D eigenvalue weighted by Crippen LogP contribution is 2.28. The molecule has 3 heterocycles. The lowest BCUT2D eigenvalue weighted by Crippen LogP contribution is -2.33. The summed E-state index contributed by atoms with van der Waals surface area (Å²) in [5.74, 6) is -4.06. The molecule has 1 amide bonds. The number of alkyl halides is 3. The third-order valence-electron chi connectivity index (χ3n) is 4.59. The van der Waals surface area contributed by atoms with Crippen LogP contribution in [0.15, 0.2) is 17.1 Å². The lowest BCUT2D eigenvalue weighted by Gasteiger charge is -2.19. The number of aryl methyl sites for hydroxylation is 1. The molecule has 0 saturated heterocycles. The number of amides is 1. The van der Waals surface area contributed by atoms with Gasteiger partial charge in [-0.3, -0.25) is 14.5 Å². The summed E-state index contributed by atoms with van der Waals surface area (Å²) in [5.41, 5.74) is -0.982. The number of aliphatic hydroxyl groups excluding tert-OH is 1. The lowest BCUT2D eigenvalue weighted by atomic mass is 10.2. The predicted molar refractivity (Wildman–Crippen MR) is 105 cm³/mol. The normalized spacial score (nSPS) is 12.6. The summed E-state index contributed by atoms with van der Waals surface area (Å²) in [6.07, 6.45) is -5.92. The van der Waals surface area contributed by atoms with Gasteiger partial charge in [0.1, 0.15) is 12.2 Å². The summed E-state index contributed by atoms with van der Waals surface area (Å²) in [7, 11) is 0. The van der Waals surface area contributed by atoms with Gasteiger partial charge in [-0.15, -0.1) is 5.10 Å². The van der Waals surface area contributed by atoms with Crippen molar-refractivity contribution in [2.75, 3.05) is 5.32 Å². The molecule has 1 atom stereocenters. The average Bonchev–Trinajstić information content (AvgIpc) is 3.30. The van der Waals surface area contributed by atoms with Gasteiger partial charge in [0, 0.05) is 12.7 Å². The van der Waals surface area contributed by atoms with Crippen LogP contribution in [0.5, 0.6) is 5.88 Å². The fourth-order valence-electron chi connectivity index (χ4n) is 2.78. The number of halogens is 4. The van der Waals surface area contributed by atoms with Crippen molar-refractivity contribution in [1.82, 2.24) is 29.5 Å². The van der Waals surface area contributed by atoms with E-state index in [4.69, 9.17) is 4.74 Å². The SMILES string of the molecule is CCn1c(CO)nn(-c2nc(OC(C)C(F)(F)F)c(C(=O)Nc3c[nH]nc3C)cc2F)c1=O. The van der Waals surface area contributed by atoms with Crippen LogP contribution in [0, 0.1) is 12.7 Å². The van der Waals surface area contributed by atoms with Gasteiger partial charge < -0.3 is 15.2 Å². The van der Waals surface area contributed by atoms with Crippen LogP contribution in [0.2, 0.25) is 0 Å². The number of aromatic nitrogens is 6. The van der Waals surface area contributed by atoms with E-state index in [1.807, 2.05) is 0 Å². The quantitative estimate of drug-likeness (QED) is 0.444. The van der Waals surface area contributed by atoms with Gasteiger partial charge in [0.25, 0.3) is 5.91 Å². The molecule has 15 heteroatoms. The minimum absolute atomic E-state index is 0.0787. The zero-order chi connectivity index (χ0) is 24.5. The molecular weight excluding hydrogens is 454 g/mol. The van der Waals surface area contributed by atoms with Gasteiger partial charge in [0.15, 0.2) is 23.6 Å². The molecule has 3 N–H and O–H groups in total. The van der Waals surface area contributed by atoms with E-state index in [2.05, 4.69) is 25.6 Å². The van der Waals surface area contributed by atoms with Gasteiger partial charge in [-0.1, -0.05) is 0 Å². The fraction of sp³-hybridized carbons (Fsp3) is 0.389. The Labute approximate surface area is 183 Å². The molecule has 0 aliphatic heterocycles. The molecule has 0 aliphatic rings. The van der Waals surface area contributed by atoms with E-state index in [0.29, 0.717) is 23.4 Å². The Kier molecular flexibility index (Phi) is 6.53. The summed E-state index contributed by atoms with van der Waals surface area (Å²) in [6, 6.07) is 0.585. The zero-order valence-corrected chi connectivity index (χ0v) is 17.6. The Morgan fingerprint density at radius 2 is 2.09 bits per heavy atom. The molecule has 0 spiro atoms. The Hall–Kier alpha value is -3.75. The molecule has 1 unspecified atom stereocenters. The number of hydrogen-bond acceptors (Lipinski definition) is 7. The predicted octanol–water partition coefficient (Wildman–Crippen LogP) is 1.69. The summed E-state index contributed by atoms with van der Waals surface area (Å²) in [4.78, 5) is 28.9. The van der Waals surface area contributed by atoms with E-state index in [9.17, 15) is 32.3 Å². The van der Waals surface area contributed by atoms with Crippen molar-refractivity contribution in [3.63, 3.8) is 0 Å². The number of carbonyl (C=O) groups is 1. The second-order valence-electron chi connectivity index (χ2n) is 6.80. The van der Waals surface area contributed by atoms with Crippen LogP contribution in [0.1, 0.15) is 35.7 Å². The van der Waals surface area contributed by atoms with Crippen LogP contribution in [0.4, 0.5) is 23.2 Å². The summed E-state index contributed by atoms with van der Waals surface area (Å²) >= 11 is 0. The minimum Gasteiger partial charge on any atom is -0.464 e. The largest absolute Gasteiger partial charge is 0.464 e. The van der Waals surface area contributed by atoms with Crippen molar-refractivity contribution >= 4 is 11.6 Å². The number of H-pyrrole nitrogens is 1.